The minimum absolute atomic E-state index is 0.0458. The van der Waals surface area contributed by atoms with Crippen LogP contribution in [0.1, 0.15) is 15.9 Å². The SMILES string of the molecule is COc1ccc(C(=O)/C=C/c2ccc(SC)c(OC)c2)cc1. The molecule has 0 heterocycles. The number of thioether (sulfide) groups is 1. The van der Waals surface area contributed by atoms with Crippen molar-refractivity contribution in [2.24, 2.45) is 0 Å². The van der Waals surface area contributed by atoms with Gasteiger partial charge in [-0.3, -0.25) is 4.79 Å². The number of hydrogen-bond acceptors (Lipinski definition) is 4. The zero-order chi connectivity index (χ0) is 15.9. The summed E-state index contributed by atoms with van der Waals surface area (Å²) in [6.07, 6.45) is 5.36. The highest BCUT2D eigenvalue weighted by Crippen LogP contribution is 2.28. The van der Waals surface area contributed by atoms with E-state index in [2.05, 4.69) is 0 Å². The van der Waals surface area contributed by atoms with E-state index < -0.39 is 0 Å². The average molecular weight is 314 g/mol. The Bertz CT molecular complexity index is 675. The number of ether oxygens (including phenoxy) is 2. The van der Waals surface area contributed by atoms with Crippen molar-refractivity contribution in [3.63, 3.8) is 0 Å². The summed E-state index contributed by atoms with van der Waals surface area (Å²) >= 11 is 1.63. The minimum atomic E-state index is -0.0458. The molecule has 0 N–H and O–H groups in total. The van der Waals surface area contributed by atoms with Crippen molar-refractivity contribution in [1.29, 1.82) is 0 Å². The molecule has 4 heteroatoms. The lowest BCUT2D eigenvalue weighted by Crippen LogP contribution is -1.94. The van der Waals surface area contributed by atoms with Crippen molar-refractivity contribution in [3.8, 4) is 11.5 Å². The van der Waals surface area contributed by atoms with Gasteiger partial charge in [-0.05, 0) is 54.3 Å². The standard InChI is InChI=1S/C18H18O3S/c1-20-15-8-6-14(7-9-15)16(19)10-4-13-5-11-18(22-3)17(12-13)21-2/h4-12H,1-3H3/b10-4+. The van der Waals surface area contributed by atoms with Gasteiger partial charge in [-0.25, -0.2) is 0 Å². The lowest BCUT2D eigenvalue weighted by atomic mass is 10.1. The molecule has 0 aliphatic heterocycles. The molecule has 2 rings (SSSR count). The Morgan fingerprint density at radius 3 is 2.36 bits per heavy atom. The highest BCUT2D eigenvalue weighted by Gasteiger charge is 2.04. The van der Waals surface area contributed by atoms with Gasteiger partial charge in [0, 0.05) is 10.5 Å². The summed E-state index contributed by atoms with van der Waals surface area (Å²) < 4.78 is 10.4. The fraction of sp³-hybridized carbons (Fsp3) is 0.167. The van der Waals surface area contributed by atoms with Crippen LogP contribution in [0.15, 0.2) is 53.4 Å². The first-order chi connectivity index (χ1) is 10.7. The lowest BCUT2D eigenvalue weighted by molar-refractivity contribution is 0.104. The van der Waals surface area contributed by atoms with Gasteiger partial charge in [0.2, 0.25) is 0 Å². The Labute approximate surface area is 135 Å². The van der Waals surface area contributed by atoms with Crippen LogP contribution < -0.4 is 9.47 Å². The number of benzene rings is 2. The van der Waals surface area contributed by atoms with Gasteiger partial charge in [0.25, 0.3) is 0 Å². The Balaban J connectivity index is 2.14. The third kappa shape index (κ3) is 3.92. The van der Waals surface area contributed by atoms with E-state index in [0.717, 1.165) is 22.0 Å². The first kappa shape index (κ1) is 16.2. The molecule has 22 heavy (non-hydrogen) atoms. The van der Waals surface area contributed by atoms with Crippen molar-refractivity contribution in [2.75, 3.05) is 20.5 Å². The van der Waals surface area contributed by atoms with E-state index in [4.69, 9.17) is 9.47 Å². The summed E-state index contributed by atoms with van der Waals surface area (Å²) in [5, 5.41) is 0. The van der Waals surface area contributed by atoms with E-state index in [1.165, 1.54) is 0 Å². The topological polar surface area (TPSA) is 35.5 Å². The molecule has 0 saturated heterocycles. The van der Waals surface area contributed by atoms with Gasteiger partial charge in [-0.1, -0.05) is 12.1 Å². The fourth-order valence-electron chi connectivity index (χ4n) is 1.98. The highest BCUT2D eigenvalue weighted by atomic mass is 32.2. The molecule has 114 valence electrons. The smallest absolute Gasteiger partial charge is 0.185 e. The Kier molecular flexibility index (Phi) is 5.67. The van der Waals surface area contributed by atoms with Crippen molar-refractivity contribution in [1.82, 2.24) is 0 Å². The molecule has 0 fully saturated rings. The quantitative estimate of drug-likeness (QED) is 0.452. The molecule has 2 aromatic rings. The Morgan fingerprint density at radius 1 is 1.05 bits per heavy atom. The molecule has 0 atom stereocenters. The molecule has 0 bridgehead atoms. The number of ketones is 1. The third-order valence-corrected chi connectivity index (χ3v) is 3.99. The van der Waals surface area contributed by atoms with E-state index in [-0.39, 0.29) is 5.78 Å². The van der Waals surface area contributed by atoms with Gasteiger partial charge in [-0.15, -0.1) is 11.8 Å². The van der Waals surface area contributed by atoms with Crippen molar-refractivity contribution in [2.45, 2.75) is 4.90 Å². The summed E-state index contributed by atoms with van der Waals surface area (Å²) in [6, 6.07) is 12.9. The molecule has 2 aromatic carbocycles. The molecule has 0 saturated carbocycles. The lowest BCUT2D eigenvalue weighted by Gasteiger charge is -2.06. The molecular weight excluding hydrogens is 296 g/mol. The molecule has 0 aliphatic rings. The number of carbonyl (C=O) groups is 1. The Hall–Kier alpha value is -2.20. The second-order valence-electron chi connectivity index (χ2n) is 4.54. The van der Waals surface area contributed by atoms with Crippen molar-refractivity contribution in [3.05, 3.63) is 59.7 Å². The van der Waals surface area contributed by atoms with Crippen LogP contribution in [0.25, 0.3) is 6.08 Å². The predicted molar refractivity (Wildman–Crippen MR) is 91.1 cm³/mol. The number of carbonyl (C=O) groups excluding carboxylic acids is 1. The van der Waals surface area contributed by atoms with Crippen molar-refractivity contribution >= 4 is 23.6 Å². The van der Waals surface area contributed by atoms with Crippen LogP contribution in [0.5, 0.6) is 11.5 Å². The summed E-state index contributed by atoms with van der Waals surface area (Å²) in [5.41, 5.74) is 1.56. The number of allylic oxidation sites excluding steroid dienone is 1. The number of hydrogen-bond donors (Lipinski definition) is 0. The van der Waals surface area contributed by atoms with Crippen LogP contribution in [0.4, 0.5) is 0 Å². The van der Waals surface area contributed by atoms with E-state index in [0.29, 0.717) is 5.56 Å². The molecular formula is C18H18O3S. The minimum Gasteiger partial charge on any atom is -0.497 e. The first-order valence-corrected chi connectivity index (χ1v) is 7.99. The fourth-order valence-corrected chi connectivity index (χ4v) is 2.53. The average Bonchev–Trinajstić information content (AvgIpc) is 2.59. The molecule has 0 spiro atoms. The van der Waals surface area contributed by atoms with Gasteiger partial charge in [0.05, 0.1) is 14.2 Å². The van der Waals surface area contributed by atoms with E-state index in [9.17, 15) is 4.79 Å². The van der Waals surface area contributed by atoms with E-state index in [1.807, 2.05) is 24.5 Å². The maximum atomic E-state index is 12.1. The van der Waals surface area contributed by atoms with Crippen LogP contribution >= 0.6 is 11.8 Å². The summed E-state index contributed by atoms with van der Waals surface area (Å²) in [6.45, 7) is 0. The molecule has 0 radical (unpaired) electrons. The third-order valence-electron chi connectivity index (χ3n) is 3.21. The second kappa shape index (κ2) is 7.71. The van der Waals surface area contributed by atoms with Gasteiger partial charge in [-0.2, -0.15) is 0 Å². The number of methoxy groups -OCH3 is 2. The highest BCUT2D eigenvalue weighted by molar-refractivity contribution is 7.98. The van der Waals surface area contributed by atoms with Gasteiger partial charge >= 0.3 is 0 Å². The molecule has 3 nitrogen and oxygen atoms in total. The normalized spacial score (nSPS) is 10.7. The largest absolute Gasteiger partial charge is 0.497 e. The predicted octanol–water partition coefficient (Wildman–Crippen LogP) is 4.32. The summed E-state index contributed by atoms with van der Waals surface area (Å²) in [4.78, 5) is 13.2. The van der Waals surface area contributed by atoms with Crippen LogP contribution in [0, 0.1) is 0 Å². The monoisotopic (exact) mass is 314 g/mol. The van der Waals surface area contributed by atoms with Crippen LogP contribution in [0.3, 0.4) is 0 Å². The summed E-state index contributed by atoms with van der Waals surface area (Å²) in [5.74, 6) is 1.50. The van der Waals surface area contributed by atoms with Gasteiger partial charge in [0.1, 0.15) is 11.5 Å². The zero-order valence-electron chi connectivity index (χ0n) is 12.8. The van der Waals surface area contributed by atoms with Crippen molar-refractivity contribution < 1.29 is 14.3 Å². The molecule has 0 aromatic heterocycles. The number of rotatable bonds is 6. The van der Waals surface area contributed by atoms with Crippen LogP contribution in [-0.4, -0.2) is 26.3 Å². The van der Waals surface area contributed by atoms with Gasteiger partial charge < -0.3 is 9.47 Å². The summed E-state index contributed by atoms with van der Waals surface area (Å²) in [7, 11) is 3.24. The maximum absolute atomic E-state index is 12.1. The van der Waals surface area contributed by atoms with E-state index in [1.54, 1.807) is 62.4 Å². The second-order valence-corrected chi connectivity index (χ2v) is 5.39. The van der Waals surface area contributed by atoms with Crippen LogP contribution in [0.2, 0.25) is 0 Å². The maximum Gasteiger partial charge on any atom is 0.185 e. The Morgan fingerprint density at radius 2 is 1.77 bits per heavy atom. The van der Waals surface area contributed by atoms with E-state index >= 15 is 0 Å². The molecule has 0 unspecified atom stereocenters. The molecule has 0 aliphatic carbocycles. The first-order valence-electron chi connectivity index (χ1n) is 6.76. The molecule has 0 amide bonds. The van der Waals surface area contributed by atoms with Crippen LogP contribution in [-0.2, 0) is 0 Å². The van der Waals surface area contributed by atoms with Gasteiger partial charge in [0.15, 0.2) is 5.78 Å². The zero-order valence-corrected chi connectivity index (χ0v) is 13.6.